The summed E-state index contributed by atoms with van der Waals surface area (Å²) in [7, 11) is 8.65. The number of ether oxygens (including phenoxy) is 1. The van der Waals surface area contributed by atoms with Crippen molar-refractivity contribution >= 4 is 6.09 Å². The summed E-state index contributed by atoms with van der Waals surface area (Å²) >= 11 is 0. The molecule has 10 nitrogen and oxygen atoms in total. The van der Waals surface area contributed by atoms with Gasteiger partial charge in [-0.3, -0.25) is 5.10 Å². The van der Waals surface area contributed by atoms with Crippen LogP contribution in [0.4, 0.5) is 4.79 Å². The molecule has 2 aromatic rings. The van der Waals surface area contributed by atoms with Crippen molar-refractivity contribution < 1.29 is 9.53 Å². The van der Waals surface area contributed by atoms with E-state index in [9.17, 15) is 4.79 Å². The third-order valence-corrected chi connectivity index (χ3v) is 10.3. The Morgan fingerprint density at radius 1 is 0.795 bits per heavy atom. The van der Waals surface area contributed by atoms with Crippen molar-refractivity contribution in [1.82, 2.24) is 40.0 Å². The second-order valence-corrected chi connectivity index (χ2v) is 14.1. The first-order valence-electron chi connectivity index (χ1n) is 16.7. The standard InChI is InChI=1S/C10H13N.C9H18N2.C8H14N2O2.C7H11N3/c1-11-7-6-9-4-2-3-5-10(9)8-11;1-3-11-7-9(8-11)4-5-10(2)6-9;1-10-4-2-8(3-5-10)6-9-7(11)12-8;1-10-3-2-7-6(5-10)4-8-9-7/h2-5H,6-8H2,1H3;3-8H2,1-2H3;2-6H2,1H3,(H,9,11);4H,2-3,5H2,1H3,(H,8,9). The Kier molecular flexibility index (Phi) is 11.0. The predicted molar refractivity (Wildman–Crippen MR) is 176 cm³/mol. The van der Waals surface area contributed by atoms with Gasteiger partial charge in [-0.2, -0.15) is 5.10 Å². The van der Waals surface area contributed by atoms with Gasteiger partial charge in [0.05, 0.1) is 12.7 Å². The molecule has 0 radical (unpaired) electrons. The van der Waals surface area contributed by atoms with Crippen LogP contribution in [0, 0.1) is 5.41 Å². The highest BCUT2D eigenvalue weighted by Gasteiger charge is 2.45. The fraction of sp³-hybridized carbons (Fsp3) is 0.706. The molecule has 1 aromatic carbocycles. The summed E-state index contributed by atoms with van der Waals surface area (Å²) < 4.78 is 5.26. The number of aromatic amines is 1. The van der Waals surface area contributed by atoms with Gasteiger partial charge >= 0.3 is 6.09 Å². The van der Waals surface area contributed by atoms with E-state index in [0.717, 1.165) is 52.0 Å². The van der Waals surface area contributed by atoms with Gasteiger partial charge in [-0.25, -0.2) is 4.79 Å². The number of carbonyl (C=O) groups excluding carboxylic acids is 1. The fourth-order valence-electron chi connectivity index (χ4n) is 7.35. The number of benzene rings is 1. The molecule has 0 unspecified atom stereocenters. The lowest BCUT2D eigenvalue weighted by molar-refractivity contribution is 0.00674. The Labute approximate surface area is 265 Å². The molecule has 2 N–H and O–H groups in total. The number of H-pyrrole nitrogens is 1. The maximum atomic E-state index is 10.9. The van der Waals surface area contributed by atoms with E-state index in [-0.39, 0.29) is 11.7 Å². The third-order valence-electron chi connectivity index (χ3n) is 10.3. The molecule has 0 atom stereocenters. The van der Waals surface area contributed by atoms with Crippen molar-refractivity contribution in [3.63, 3.8) is 0 Å². The molecule has 6 aliphatic rings. The van der Waals surface area contributed by atoms with Gasteiger partial charge in [0.25, 0.3) is 0 Å². The molecule has 10 heteroatoms. The topological polar surface area (TPSA) is 83.2 Å². The van der Waals surface area contributed by atoms with Gasteiger partial charge in [-0.1, -0.05) is 31.2 Å². The summed E-state index contributed by atoms with van der Waals surface area (Å²) in [4.78, 5) is 22.8. The van der Waals surface area contributed by atoms with Crippen LogP contribution in [0.5, 0.6) is 0 Å². The van der Waals surface area contributed by atoms with E-state index in [1.54, 1.807) is 0 Å². The molecule has 6 aliphatic heterocycles. The monoisotopic (exact) mass is 608 g/mol. The van der Waals surface area contributed by atoms with Gasteiger partial charge in [0, 0.05) is 94.8 Å². The number of alkyl carbamates (subject to hydrolysis) is 1. The van der Waals surface area contributed by atoms with Crippen LogP contribution in [0.3, 0.4) is 0 Å². The number of hydrogen-bond acceptors (Lipinski definition) is 8. The largest absolute Gasteiger partial charge is 0.441 e. The quantitative estimate of drug-likeness (QED) is 0.512. The van der Waals surface area contributed by atoms with Gasteiger partial charge in [0.15, 0.2) is 0 Å². The molecule has 244 valence electrons. The van der Waals surface area contributed by atoms with Crippen LogP contribution in [0.15, 0.2) is 30.5 Å². The van der Waals surface area contributed by atoms with Crippen LogP contribution < -0.4 is 5.32 Å². The number of hydrogen-bond donors (Lipinski definition) is 2. The number of carbonyl (C=O) groups is 1. The molecule has 0 saturated carbocycles. The fourth-order valence-corrected chi connectivity index (χ4v) is 7.35. The molecule has 8 rings (SSSR count). The van der Waals surface area contributed by atoms with Crippen LogP contribution >= 0.6 is 0 Å². The Bertz CT molecular complexity index is 1200. The third kappa shape index (κ3) is 8.60. The zero-order chi connectivity index (χ0) is 31.2. The molecule has 2 spiro atoms. The lowest BCUT2D eigenvalue weighted by Crippen LogP contribution is -2.56. The molecule has 0 aliphatic carbocycles. The van der Waals surface area contributed by atoms with Crippen LogP contribution in [0.25, 0.3) is 0 Å². The second-order valence-electron chi connectivity index (χ2n) is 14.1. The predicted octanol–water partition coefficient (Wildman–Crippen LogP) is 2.91. The van der Waals surface area contributed by atoms with E-state index >= 15 is 0 Å². The van der Waals surface area contributed by atoms with Crippen molar-refractivity contribution in [2.24, 2.45) is 5.41 Å². The van der Waals surface area contributed by atoms with Gasteiger partial charge in [-0.15, -0.1) is 0 Å². The van der Waals surface area contributed by atoms with E-state index in [1.165, 1.54) is 74.5 Å². The van der Waals surface area contributed by atoms with Crippen LogP contribution in [-0.2, 0) is 30.7 Å². The minimum absolute atomic E-state index is 0.177. The minimum atomic E-state index is -0.250. The SMILES string of the molecule is CCN1CC2(CCN(C)C2)C1.CN1CCC2(CC1)CNC(=O)O2.CN1CCc2[nH]ncc2C1.CN1CCc2ccccc2C1. The summed E-state index contributed by atoms with van der Waals surface area (Å²) in [5.41, 5.74) is 6.24. The van der Waals surface area contributed by atoms with E-state index in [0.29, 0.717) is 12.0 Å². The smallest absolute Gasteiger partial charge is 0.407 e. The zero-order valence-electron chi connectivity index (χ0n) is 27.9. The molecule has 1 amide bonds. The van der Waals surface area contributed by atoms with E-state index in [1.807, 2.05) is 6.20 Å². The molecular weight excluding hydrogens is 552 g/mol. The van der Waals surface area contributed by atoms with Crippen molar-refractivity contribution in [3.05, 3.63) is 52.8 Å². The average molecular weight is 609 g/mol. The number of amides is 1. The zero-order valence-corrected chi connectivity index (χ0v) is 27.9. The summed E-state index contributed by atoms with van der Waals surface area (Å²) in [5.74, 6) is 0. The first kappa shape index (κ1) is 32.9. The Balaban J connectivity index is 0.000000117. The summed E-state index contributed by atoms with van der Waals surface area (Å²) in [5, 5.41) is 9.70. The normalized spacial score (nSPS) is 24.3. The van der Waals surface area contributed by atoms with E-state index in [2.05, 4.69) is 99.4 Å². The highest BCUT2D eigenvalue weighted by molar-refractivity contribution is 5.70. The van der Waals surface area contributed by atoms with Crippen molar-refractivity contribution in [2.75, 3.05) is 93.6 Å². The van der Waals surface area contributed by atoms with Gasteiger partial charge in [-0.05, 0) is 65.2 Å². The summed E-state index contributed by atoms with van der Waals surface area (Å²) in [6.07, 6.45) is 7.35. The highest BCUT2D eigenvalue weighted by Crippen LogP contribution is 2.38. The maximum absolute atomic E-state index is 10.9. The number of piperidine rings is 1. The van der Waals surface area contributed by atoms with Gasteiger partial charge in [0.2, 0.25) is 0 Å². The molecule has 44 heavy (non-hydrogen) atoms. The highest BCUT2D eigenvalue weighted by atomic mass is 16.6. The second kappa shape index (κ2) is 14.7. The lowest BCUT2D eigenvalue weighted by atomic mass is 9.79. The number of fused-ring (bicyclic) bond motifs is 2. The summed E-state index contributed by atoms with van der Waals surface area (Å²) in [6, 6.07) is 8.72. The Morgan fingerprint density at radius 3 is 2.09 bits per heavy atom. The number of nitrogens with one attached hydrogen (secondary N) is 2. The van der Waals surface area contributed by atoms with Crippen LogP contribution in [0.2, 0.25) is 0 Å². The van der Waals surface area contributed by atoms with Crippen molar-refractivity contribution in [3.8, 4) is 0 Å². The molecular formula is C34H56N8O2. The lowest BCUT2D eigenvalue weighted by Gasteiger charge is -2.47. The van der Waals surface area contributed by atoms with Crippen LogP contribution in [-0.4, -0.2) is 140 Å². The van der Waals surface area contributed by atoms with Crippen molar-refractivity contribution in [2.45, 2.75) is 57.7 Å². The molecule has 1 aromatic heterocycles. The Morgan fingerprint density at radius 2 is 1.45 bits per heavy atom. The molecule has 4 saturated heterocycles. The van der Waals surface area contributed by atoms with E-state index < -0.39 is 0 Å². The van der Waals surface area contributed by atoms with Crippen molar-refractivity contribution in [1.29, 1.82) is 0 Å². The Hall–Kier alpha value is -2.50. The minimum Gasteiger partial charge on any atom is -0.441 e. The number of likely N-dealkylation sites (tertiary alicyclic amines) is 3. The first-order valence-corrected chi connectivity index (χ1v) is 16.7. The number of aromatic nitrogens is 2. The molecule has 4 fully saturated rings. The molecule has 0 bridgehead atoms. The first-order chi connectivity index (χ1) is 21.2. The van der Waals surface area contributed by atoms with Gasteiger partial charge < -0.3 is 34.6 Å². The number of rotatable bonds is 1. The summed E-state index contributed by atoms with van der Waals surface area (Å²) in [6.45, 7) is 16.1. The number of likely N-dealkylation sites (N-methyl/N-ethyl adjacent to an activating group) is 2. The van der Waals surface area contributed by atoms with Gasteiger partial charge in [0.1, 0.15) is 5.60 Å². The van der Waals surface area contributed by atoms with Crippen LogP contribution in [0.1, 0.15) is 48.6 Å². The van der Waals surface area contributed by atoms with E-state index in [4.69, 9.17) is 4.74 Å². The number of nitrogens with zero attached hydrogens (tertiary/aromatic N) is 6. The molecule has 7 heterocycles. The maximum Gasteiger partial charge on any atom is 0.407 e. The average Bonchev–Trinajstić information content (AvgIpc) is 3.73.